The molecule has 0 radical (unpaired) electrons. The molecule has 0 spiro atoms. The number of phenolic OH excluding ortho intramolecular Hbond substituents is 2. The zero-order valence-electron chi connectivity index (χ0n) is 8.34. The van der Waals surface area contributed by atoms with E-state index < -0.39 is 5.97 Å². The Morgan fingerprint density at radius 3 is 2.67 bits per heavy atom. The lowest BCUT2D eigenvalue weighted by atomic mass is 10.2. The second-order valence-electron chi connectivity index (χ2n) is 3.35. The largest absolute Gasteiger partial charge is 0.504 e. The molecule has 15 heavy (non-hydrogen) atoms. The summed E-state index contributed by atoms with van der Waals surface area (Å²) in [6.45, 7) is 0.154. The summed E-state index contributed by atoms with van der Waals surface area (Å²) >= 11 is 0. The summed E-state index contributed by atoms with van der Waals surface area (Å²) in [5, 5.41) is 27.2. The van der Waals surface area contributed by atoms with Crippen molar-refractivity contribution in [3.8, 4) is 11.5 Å². The van der Waals surface area contributed by atoms with E-state index in [1.807, 2.05) is 0 Å². The van der Waals surface area contributed by atoms with Gasteiger partial charge in [-0.25, -0.2) is 0 Å². The fourth-order valence-corrected chi connectivity index (χ4v) is 1.28. The summed E-state index contributed by atoms with van der Waals surface area (Å²) in [4.78, 5) is 11.9. The highest BCUT2D eigenvalue weighted by Crippen LogP contribution is 2.28. The Morgan fingerprint density at radius 2 is 2.07 bits per heavy atom. The predicted molar refractivity (Wildman–Crippen MR) is 53.7 cm³/mol. The van der Waals surface area contributed by atoms with Gasteiger partial charge in [-0.2, -0.15) is 0 Å². The molecular formula is C10H13NO4. The van der Waals surface area contributed by atoms with Crippen molar-refractivity contribution < 1.29 is 20.1 Å². The minimum atomic E-state index is -0.933. The van der Waals surface area contributed by atoms with Gasteiger partial charge in [0, 0.05) is 12.1 Å². The molecule has 0 saturated heterocycles. The van der Waals surface area contributed by atoms with Gasteiger partial charge in [0.15, 0.2) is 11.5 Å². The Balaban J connectivity index is 2.72. The molecule has 5 heteroatoms. The number of carboxylic acid groups (broad SMARTS) is 1. The van der Waals surface area contributed by atoms with Gasteiger partial charge < -0.3 is 15.3 Å². The van der Waals surface area contributed by atoms with Crippen molar-refractivity contribution in [2.24, 2.45) is 0 Å². The third-order valence-corrected chi connectivity index (χ3v) is 1.94. The van der Waals surface area contributed by atoms with Crippen LogP contribution < -0.4 is 0 Å². The van der Waals surface area contributed by atoms with Gasteiger partial charge in [0.25, 0.3) is 0 Å². The van der Waals surface area contributed by atoms with Crippen LogP contribution in [-0.2, 0) is 11.3 Å². The maximum Gasteiger partial charge on any atom is 0.317 e. The molecule has 0 aliphatic rings. The normalized spacial score (nSPS) is 10.5. The van der Waals surface area contributed by atoms with E-state index in [1.165, 1.54) is 11.0 Å². The van der Waals surface area contributed by atoms with Crippen LogP contribution in [-0.4, -0.2) is 39.8 Å². The molecule has 82 valence electrons. The number of hydrogen-bond donors (Lipinski definition) is 3. The summed E-state index contributed by atoms with van der Waals surface area (Å²) in [7, 11) is 1.62. The molecule has 0 aromatic heterocycles. The molecule has 0 amide bonds. The summed E-state index contributed by atoms with van der Waals surface area (Å²) in [5.74, 6) is -1.33. The van der Waals surface area contributed by atoms with Gasteiger partial charge in [-0.3, -0.25) is 9.69 Å². The Bertz CT molecular complexity index is 364. The second-order valence-corrected chi connectivity index (χ2v) is 3.35. The van der Waals surface area contributed by atoms with Gasteiger partial charge in [-0.1, -0.05) is 12.1 Å². The first-order valence-corrected chi connectivity index (χ1v) is 4.41. The Hall–Kier alpha value is -1.75. The number of para-hydroxylation sites is 1. The number of carboxylic acids is 1. The van der Waals surface area contributed by atoms with Crippen molar-refractivity contribution in [3.63, 3.8) is 0 Å². The van der Waals surface area contributed by atoms with Crippen LogP contribution in [0.2, 0.25) is 0 Å². The van der Waals surface area contributed by atoms with Gasteiger partial charge in [0.2, 0.25) is 0 Å². The van der Waals surface area contributed by atoms with E-state index in [9.17, 15) is 15.0 Å². The molecule has 0 fully saturated rings. The summed E-state index contributed by atoms with van der Waals surface area (Å²) < 4.78 is 0. The lowest BCUT2D eigenvalue weighted by molar-refractivity contribution is -0.138. The fourth-order valence-electron chi connectivity index (χ4n) is 1.28. The van der Waals surface area contributed by atoms with E-state index in [1.54, 1.807) is 19.2 Å². The summed E-state index contributed by atoms with van der Waals surface area (Å²) in [5.41, 5.74) is 0.499. The number of likely N-dealkylation sites (N-methyl/N-ethyl adjacent to an activating group) is 1. The van der Waals surface area contributed by atoms with Gasteiger partial charge >= 0.3 is 5.97 Å². The number of phenols is 2. The van der Waals surface area contributed by atoms with E-state index in [-0.39, 0.29) is 24.6 Å². The van der Waals surface area contributed by atoms with Gasteiger partial charge in [-0.05, 0) is 13.1 Å². The Morgan fingerprint density at radius 1 is 1.40 bits per heavy atom. The molecule has 0 aliphatic heterocycles. The molecule has 5 nitrogen and oxygen atoms in total. The maximum absolute atomic E-state index is 10.4. The van der Waals surface area contributed by atoms with Crippen LogP contribution in [0.1, 0.15) is 5.56 Å². The van der Waals surface area contributed by atoms with Crippen LogP contribution in [0, 0.1) is 0 Å². The molecule has 0 atom stereocenters. The first-order valence-electron chi connectivity index (χ1n) is 4.41. The molecule has 1 aromatic rings. The highest BCUT2D eigenvalue weighted by Gasteiger charge is 2.10. The SMILES string of the molecule is CN(CC(=O)O)Cc1cccc(O)c1O. The van der Waals surface area contributed by atoms with Crippen LogP contribution in [0.25, 0.3) is 0 Å². The van der Waals surface area contributed by atoms with Crippen molar-refractivity contribution in [1.82, 2.24) is 4.90 Å². The molecule has 0 heterocycles. The second kappa shape index (κ2) is 4.65. The Kier molecular flexibility index (Phi) is 3.51. The maximum atomic E-state index is 10.4. The quantitative estimate of drug-likeness (QED) is 0.636. The average Bonchev–Trinajstić information content (AvgIpc) is 2.11. The van der Waals surface area contributed by atoms with Crippen molar-refractivity contribution in [3.05, 3.63) is 23.8 Å². The van der Waals surface area contributed by atoms with Crippen LogP contribution in [0.3, 0.4) is 0 Å². The number of aromatic hydroxyl groups is 2. The third-order valence-electron chi connectivity index (χ3n) is 1.94. The fraction of sp³-hybridized carbons (Fsp3) is 0.300. The zero-order chi connectivity index (χ0) is 11.4. The van der Waals surface area contributed by atoms with E-state index in [4.69, 9.17) is 5.11 Å². The number of hydrogen-bond acceptors (Lipinski definition) is 4. The number of carbonyl (C=O) groups is 1. The molecular weight excluding hydrogens is 198 g/mol. The molecule has 3 N–H and O–H groups in total. The van der Waals surface area contributed by atoms with E-state index in [0.29, 0.717) is 5.56 Å². The number of nitrogens with zero attached hydrogens (tertiary/aromatic N) is 1. The molecule has 1 aromatic carbocycles. The average molecular weight is 211 g/mol. The molecule has 0 unspecified atom stereocenters. The van der Waals surface area contributed by atoms with E-state index in [2.05, 4.69) is 0 Å². The van der Waals surface area contributed by atoms with Crippen LogP contribution in [0.5, 0.6) is 11.5 Å². The molecule has 1 rings (SSSR count). The van der Waals surface area contributed by atoms with Gasteiger partial charge in [0.05, 0.1) is 6.54 Å². The Labute approximate surface area is 87.2 Å². The highest BCUT2D eigenvalue weighted by molar-refractivity contribution is 5.69. The zero-order valence-corrected chi connectivity index (χ0v) is 8.34. The van der Waals surface area contributed by atoms with Gasteiger partial charge in [0.1, 0.15) is 0 Å². The molecule has 0 saturated carbocycles. The van der Waals surface area contributed by atoms with Crippen molar-refractivity contribution >= 4 is 5.97 Å². The number of aliphatic carboxylic acids is 1. The molecule has 0 aliphatic carbocycles. The topological polar surface area (TPSA) is 81.0 Å². The number of benzene rings is 1. The van der Waals surface area contributed by atoms with Crippen molar-refractivity contribution in [2.75, 3.05) is 13.6 Å². The van der Waals surface area contributed by atoms with Gasteiger partial charge in [-0.15, -0.1) is 0 Å². The summed E-state index contributed by atoms with van der Waals surface area (Å²) in [6, 6.07) is 4.60. The monoisotopic (exact) mass is 211 g/mol. The van der Waals surface area contributed by atoms with Crippen molar-refractivity contribution in [2.45, 2.75) is 6.54 Å². The predicted octanol–water partition coefficient (Wildman–Crippen LogP) is 0.614. The minimum absolute atomic E-state index is 0.116. The van der Waals surface area contributed by atoms with Crippen LogP contribution >= 0.6 is 0 Å². The van der Waals surface area contributed by atoms with Crippen molar-refractivity contribution in [1.29, 1.82) is 0 Å². The van der Waals surface area contributed by atoms with E-state index >= 15 is 0 Å². The van der Waals surface area contributed by atoms with E-state index in [0.717, 1.165) is 0 Å². The first-order chi connectivity index (χ1) is 7.00. The van der Waals surface area contributed by atoms with Crippen LogP contribution in [0.4, 0.5) is 0 Å². The summed E-state index contributed by atoms with van der Waals surface area (Å²) in [6.07, 6.45) is 0. The lowest BCUT2D eigenvalue weighted by Gasteiger charge is -2.15. The highest BCUT2D eigenvalue weighted by atomic mass is 16.4. The molecule has 0 bridgehead atoms. The van der Waals surface area contributed by atoms with Crippen LogP contribution in [0.15, 0.2) is 18.2 Å². The minimum Gasteiger partial charge on any atom is -0.504 e. The number of rotatable bonds is 4. The standard InChI is InChI=1S/C10H13NO4/c1-11(6-9(13)14)5-7-3-2-4-8(12)10(7)15/h2-4,12,15H,5-6H2,1H3,(H,13,14). The smallest absolute Gasteiger partial charge is 0.317 e. The first kappa shape index (κ1) is 11.3. The third kappa shape index (κ3) is 3.14. The lowest BCUT2D eigenvalue weighted by Crippen LogP contribution is -2.25.